The van der Waals surface area contributed by atoms with Gasteiger partial charge >= 0.3 is 12.1 Å². The Morgan fingerprint density at radius 1 is 1.15 bits per heavy atom. The summed E-state index contributed by atoms with van der Waals surface area (Å²) in [7, 11) is 0. The molecule has 0 saturated heterocycles. The second-order valence-electron chi connectivity index (χ2n) is 4.20. The normalized spacial score (nSPS) is 12.8. The fourth-order valence-electron chi connectivity index (χ4n) is 1.77. The number of nitrogens with one attached hydrogen (secondary N) is 1. The smallest absolute Gasteiger partial charge is 0.361 e. The van der Waals surface area contributed by atoms with Crippen molar-refractivity contribution in [3.63, 3.8) is 0 Å². The third-order valence-electron chi connectivity index (χ3n) is 2.85. The van der Waals surface area contributed by atoms with Crippen LogP contribution in [-0.2, 0) is 11.2 Å². The molecule has 1 aromatic carbocycles. The highest BCUT2D eigenvalue weighted by Crippen LogP contribution is 2.37. The van der Waals surface area contributed by atoms with E-state index in [2.05, 4.69) is 4.98 Å². The van der Waals surface area contributed by atoms with Crippen molar-refractivity contribution in [1.82, 2.24) is 4.98 Å². The molecule has 0 aliphatic rings. The number of benzene rings is 1. The summed E-state index contributed by atoms with van der Waals surface area (Å²) in [6.07, 6.45) is -4.33. The van der Waals surface area contributed by atoms with E-state index in [0.29, 0.717) is 22.9 Å². The maximum atomic E-state index is 12.8. The standard InChI is InChI=1S/C13H9F5NO/c14-12(15,13(16,17)18)11(20)6-5-8-7-19-10-4-2-1-3-9(8)10/h1-4,6-7,19H,5H2. The van der Waals surface area contributed by atoms with Gasteiger partial charge in [0.2, 0.25) is 5.78 Å². The van der Waals surface area contributed by atoms with E-state index in [1.54, 1.807) is 24.3 Å². The van der Waals surface area contributed by atoms with Crippen LogP contribution in [0.15, 0.2) is 30.5 Å². The van der Waals surface area contributed by atoms with Crippen LogP contribution in [0.5, 0.6) is 0 Å². The van der Waals surface area contributed by atoms with Crippen LogP contribution < -0.4 is 0 Å². The Morgan fingerprint density at radius 3 is 2.45 bits per heavy atom. The highest BCUT2D eigenvalue weighted by Gasteiger charge is 2.62. The lowest BCUT2D eigenvalue weighted by molar-refractivity contribution is -0.267. The maximum absolute atomic E-state index is 12.8. The number of carbonyl (C=O) groups is 1. The summed E-state index contributed by atoms with van der Waals surface area (Å²) in [6.45, 7) is 0. The van der Waals surface area contributed by atoms with Crippen molar-refractivity contribution in [2.45, 2.75) is 18.5 Å². The number of fused-ring (bicyclic) bond motifs is 1. The number of alkyl halides is 5. The number of hydrogen-bond donors (Lipinski definition) is 1. The maximum Gasteiger partial charge on any atom is 0.461 e. The van der Waals surface area contributed by atoms with Gasteiger partial charge in [-0.15, -0.1) is 0 Å². The SMILES string of the molecule is O=C([CH]Cc1c[nH]c2ccccc12)C(F)(F)C(F)(F)F. The van der Waals surface area contributed by atoms with Gasteiger partial charge in [0.25, 0.3) is 0 Å². The number of hydrogen-bond acceptors (Lipinski definition) is 1. The number of aromatic nitrogens is 1. The zero-order valence-corrected chi connectivity index (χ0v) is 9.97. The molecule has 7 heteroatoms. The second kappa shape index (κ2) is 4.88. The van der Waals surface area contributed by atoms with Crippen molar-refractivity contribution >= 4 is 16.7 Å². The molecule has 2 aromatic rings. The zero-order chi connectivity index (χ0) is 15.0. The van der Waals surface area contributed by atoms with E-state index >= 15 is 0 Å². The van der Waals surface area contributed by atoms with Gasteiger partial charge in [-0.3, -0.25) is 4.79 Å². The molecule has 1 radical (unpaired) electrons. The van der Waals surface area contributed by atoms with Crippen molar-refractivity contribution < 1.29 is 26.7 Å². The van der Waals surface area contributed by atoms with Crippen LogP contribution in [0.2, 0.25) is 0 Å². The average Bonchev–Trinajstić information content (AvgIpc) is 2.77. The number of H-pyrrole nitrogens is 1. The van der Waals surface area contributed by atoms with Crippen LogP contribution in [0.1, 0.15) is 5.56 Å². The molecule has 0 atom stereocenters. The highest BCUT2D eigenvalue weighted by atomic mass is 19.4. The van der Waals surface area contributed by atoms with Crippen LogP contribution in [0, 0.1) is 6.42 Å². The van der Waals surface area contributed by atoms with Crippen LogP contribution in [0.25, 0.3) is 10.9 Å². The first-order valence-electron chi connectivity index (χ1n) is 5.60. The first kappa shape index (κ1) is 14.5. The van der Waals surface area contributed by atoms with Gasteiger partial charge in [0, 0.05) is 23.5 Å². The van der Waals surface area contributed by atoms with Gasteiger partial charge < -0.3 is 4.98 Å². The monoisotopic (exact) mass is 290 g/mol. The number of Topliss-reactive ketones (excluding diaryl/α,β-unsaturated/α-hetero) is 1. The van der Waals surface area contributed by atoms with E-state index in [-0.39, 0.29) is 6.42 Å². The van der Waals surface area contributed by atoms with Crippen molar-refractivity contribution in [1.29, 1.82) is 0 Å². The number of ketones is 1. The van der Waals surface area contributed by atoms with Crippen molar-refractivity contribution in [3.05, 3.63) is 42.4 Å². The summed E-state index contributed by atoms with van der Waals surface area (Å²) in [6, 6.07) is 6.85. The van der Waals surface area contributed by atoms with E-state index < -0.39 is 17.9 Å². The second-order valence-corrected chi connectivity index (χ2v) is 4.20. The number of rotatable bonds is 4. The molecule has 107 valence electrons. The molecule has 20 heavy (non-hydrogen) atoms. The minimum atomic E-state index is -5.87. The molecule has 0 fully saturated rings. The molecule has 0 amide bonds. The molecule has 1 aromatic heterocycles. The van der Waals surface area contributed by atoms with Gasteiger partial charge in [-0.2, -0.15) is 22.0 Å². The Hall–Kier alpha value is -1.92. The fraction of sp³-hybridized carbons (Fsp3) is 0.231. The first-order chi connectivity index (χ1) is 9.23. The Balaban J connectivity index is 2.11. The highest BCUT2D eigenvalue weighted by molar-refractivity contribution is 5.95. The Bertz CT molecular complexity index is 629. The Labute approximate surface area is 110 Å². The number of halogens is 5. The number of aromatic amines is 1. The van der Waals surface area contributed by atoms with Gasteiger partial charge in [-0.1, -0.05) is 18.2 Å². The van der Waals surface area contributed by atoms with Crippen molar-refractivity contribution in [3.8, 4) is 0 Å². The lowest BCUT2D eigenvalue weighted by atomic mass is 10.0. The predicted molar refractivity (Wildman–Crippen MR) is 62.3 cm³/mol. The van der Waals surface area contributed by atoms with Crippen LogP contribution in [-0.4, -0.2) is 22.9 Å². The summed E-state index contributed by atoms with van der Waals surface area (Å²) in [5.41, 5.74) is 1.19. The lowest BCUT2D eigenvalue weighted by Crippen LogP contribution is -2.44. The topological polar surface area (TPSA) is 32.9 Å². The van der Waals surface area contributed by atoms with E-state index in [1.807, 2.05) is 0 Å². The molecule has 0 saturated carbocycles. The van der Waals surface area contributed by atoms with Crippen molar-refractivity contribution in [2.75, 3.05) is 0 Å². The molecule has 0 unspecified atom stereocenters. The minimum Gasteiger partial charge on any atom is -0.361 e. The molecular formula is C13H9F5NO. The molecule has 0 bridgehead atoms. The molecule has 2 nitrogen and oxygen atoms in total. The average molecular weight is 290 g/mol. The van der Waals surface area contributed by atoms with Gasteiger partial charge in [0.1, 0.15) is 0 Å². The van der Waals surface area contributed by atoms with Crippen LogP contribution >= 0.6 is 0 Å². The van der Waals surface area contributed by atoms with Gasteiger partial charge in [0.05, 0.1) is 0 Å². The third-order valence-corrected chi connectivity index (χ3v) is 2.85. The summed E-state index contributed by atoms with van der Waals surface area (Å²) >= 11 is 0. The minimum absolute atomic E-state index is 0.297. The third kappa shape index (κ3) is 2.52. The summed E-state index contributed by atoms with van der Waals surface area (Å²) in [4.78, 5) is 13.8. The largest absolute Gasteiger partial charge is 0.461 e. The lowest BCUT2D eigenvalue weighted by Gasteiger charge is -2.17. The molecular weight excluding hydrogens is 281 g/mol. The van der Waals surface area contributed by atoms with E-state index in [0.717, 1.165) is 0 Å². The van der Waals surface area contributed by atoms with E-state index in [4.69, 9.17) is 0 Å². The molecule has 1 heterocycles. The quantitative estimate of drug-likeness (QED) is 0.856. The zero-order valence-electron chi connectivity index (χ0n) is 9.97. The number of para-hydroxylation sites is 1. The number of carbonyl (C=O) groups excluding carboxylic acids is 1. The first-order valence-corrected chi connectivity index (χ1v) is 5.60. The van der Waals surface area contributed by atoms with Gasteiger partial charge in [0.15, 0.2) is 0 Å². The van der Waals surface area contributed by atoms with Crippen LogP contribution in [0.3, 0.4) is 0 Å². The van der Waals surface area contributed by atoms with Gasteiger partial charge in [-0.25, -0.2) is 0 Å². The molecule has 0 aliphatic carbocycles. The van der Waals surface area contributed by atoms with Gasteiger partial charge in [-0.05, 0) is 18.1 Å². The summed E-state index contributed by atoms with van der Waals surface area (Å²) < 4.78 is 61.5. The molecule has 0 aliphatic heterocycles. The van der Waals surface area contributed by atoms with Crippen molar-refractivity contribution in [2.24, 2.45) is 0 Å². The Morgan fingerprint density at radius 2 is 1.80 bits per heavy atom. The molecule has 2 rings (SSSR count). The summed E-state index contributed by atoms with van der Waals surface area (Å²) in [5, 5.41) is 0.673. The summed E-state index contributed by atoms with van der Waals surface area (Å²) in [5.74, 6) is -7.59. The Kier molecular flexibility index (Phi) is 3.54. The molecule has 1 N–H and O–H groups in total. The van der Waals surface area contributed by atoms with E-state index in [1.165, 1.54) is 6.20 Å². The van der Waals surface area contributed by atoms with Crippen LogP contribution in [0.4, 0.5) is 22.0 Å². The fourth-order valence-corrected chi connectivity index (χ4v) is 1.77. The predicted octanol–water partition coefficient (Wildman–Crippen LogP) is 3.68. The van der Waals surface area contributed by atoms with E-state index in [9.17, 15) is 26.7 Å². The molecule has 0 spiro atoms.